The number of hydrogen-bond donors (Lipinski definition) is 1. The lowest BCUT2D eigenvalue weighted by atomic mass is 10.1. The number of morpholine rings is 1. The summed E-state index contributed by atoms with van der Waals surface area (Å²) in [6.45, 7) is 4.84. The molecule has 1 atom stereocenters. The molecule has 1 N–H and O–H groups in total. The van der Waals surface area contributed by atoms with Crippen LogP contribution < -0.4 is 19.3 Å². The van der Waals surface area contributed by atoms with E-state index in [1.54, 1.807) is 31.2 Å². The van der Waals surface area contributed by atoms with E-state index >= 15 is 0 Å². The summed E-state index contributed by atoms with van der Waals surface area (Å²) in [7, 11) is -2.16. The largest absolute Gasteiger partial charge is 0.497 e. The van der Waals surface area contributed by atoms with Crippen LogP contribution in [0.5, 0.6) is 5.75 Å². The van der Waals surface area contributed by atoms with E-state index in [1.807, 2.05) is 24.3 Å². The minimum Gasteiger partial charge on any atom is -0.497 e. The molecule has 1 amide bonds. The minimum absolute atomic E-state index is 0.316. The van der Waals surface area contributed by atoms with Gasteiger partial charge in [-0.2, -0.15) is 0 Å². The number of carbonyl (C=O) groups excluding carboxylic acids is 1. The molecule has 1 heterocycles. The molecule has 0 saturated carbocycles. The summed E-state index contributed by atoms with van der Waals surface area (Å²) in [6.07, 6.45) is 1.42. The Morgan fingerprint density at radius 1 is 1.13 bits per heavy atom. The molecule has 9 heteroatoms. The Bertz CT molecular complexity index is 971. The van der Waals surface area contributed by atoms with E-state index in [1.165, 1.54) is 7.11 Å². The molecule has 3 rings (SSSR count). The van der Waals surface area contributed by atoms with Crippen LogP contribution in [0.4, 0.5) is 17.1 Å². The fourth-order valence-electron chi connectivity index (χ4n) is 3.59. The van der Waals surface area contributed by atoms with Crippen LogP contribution >= 0.6 is 0 Å². The standard InChI is InChI=1S/C22H29N3O5S/c1-4-21(25(31(3,27)28)19-9-11-20(29-2)12-10-19)22(26)23-17-5-7-18(8-6-17)24-13-15-30-16-14-24/h5-12,21H,4,13-16H2,1-3H3,(H,23,26). The molecule has 1 fully saturated rings. The number of hydrogen-bond acceptors (Lipinski definition) is 6. The van der Waals surface area contributed by atoms with E-state index in [9.17, 15) is 13.2 Å². The molecule has 1 aliphatic rings. The molecule has 0 aromatic heterocycles. The van der Waals surface area contributed by atoms with Crippen molar-refractivity contribution in [2.24, 2.45) is 0 Å². The average Bonchev–Trinajstić information content (AvgIpc) is 2.77. The van der Waals surface area contributed by atoms with Crippen molar-refractivity contribution in [3.63, 3.8) is 0 Å². The van der Waals surface area contributed by atoms with Gasteiger partial charge in [-0.1, -0.05) is 6.92 Å². The summed E-state index contributed by atoms with van der Waals surface area (Å²) in [5.41, 5.74) is 2.08. The molecular formula is C22H29N3O5S. The van der Waals surface area contributed by atoms with E-state index < -0.39 is 16.1 Å². The number of carbonyl (C=O) groups is 1. The third kappa shape index (κ3) is 5.68. The second-order valence-corrected chi connectivity index (χ2v) is 9.18. The van der Waals surface area contributed by atoms with Gasteiger partial charge in [-0.25, -0.2) is 8.42 Å². The maximum Gasteiger partial charge on any atom is 0.248 e. The lowest BCUT2D eigenvalue weighted by Gasteiger charge is -2.30. The predicted molar refractivity (Wildman–Crippen MR) is 122 cm³/mol. The van der Waals surface area contributed by atoms with Gasteiger partial charge in [0.25, 0.3) is 0 Å². The quantitative estimate of drug-likeness (QED) is 0.670. The van der Waals surface area contributed by atoms with Crippen molar-refractivity contribution in [2.75, 3.05) is 54.2 Å². The highest BCUT2D eigenvalue weighted by Crippen LogP contribution is 2.26. The van der Waals surface area contributed by atoms with Crippen molar-refractivity contribution < 1.29 is 22.7 Å². The Balaban J connectivity index is 1.78. The fourth-order valence-corrected chi connectivity index (χ4v) is 4.80. The van der Waals surface area contributed by atoms with Crippen LogP contribution in [-0.4, -0.2) is 60.0 Å². The SMILES string of the molecule is CCC(C(=O)Nc1ccc(N2CCOCC2)cc1)N(c1ccc(OC)cc1)S(C)(=O)=O. The first kappa shape index (κ1) is 22.9. The van der Waals surface area contributed by atoms with Crippen LogP contribution in [0.25, 0.3) is 0 Å². The van der Waals surface area contributed by atoms with Gasteiger partial charge in [0, 0.05) is 24.5 Å². The van der Waals surface area contributed by atoms with Crippen molar-refractivity contribution in [1.29, 1.82) is 0 Å². The Labute approximate surface area is 183 Å². The van der Waals surface area contributed by atoms with Crippen molar-refractivity contribution >= 4 is 33.0 Å². The number of ether oxygens (including phenoxy) is 2. The highest BCUT2D eigenvalue weighted by molar-refractivity contribution is 7.92. The van der Waals surface area contributed by atoms with Gasteiger partial charge in [-0.05, 0) is 55.0 Å². The molecule has 2 aromatic rings. The third-order valence-corrected chi connectivity index (χ3v) is 6.35. The zero-order valence-corrected chi connectivity index (χ0v) is 18.9. The number of nitrogens with zero attached hydrogens (tertiary/aromatic N) is 2. The number of sulfonamides is 1. The first-order chi connectivity index (χ1) is 14.8. The highest BCUT2D eigenvalue weighted by Gasteiger charge is 2.31. The highest BCUT2D eigenvalue weighted by atomic mass is 32.2. The maximum atomic E-state index is 13.0. The number of rotatable bonds is 8. The van der Waals surface area contributed by atoms with Crippen molar-refractivity contribution in [3.05, 3.63) is 48.5 Å². The molecule has 0 spiro atoms. The smallest absolute Gasteiger partial charge is 0.248 e. The van der Waals surface area contributed by atoms with Crippen LogP contribution in [0, 0.1) is 0 Å². The number of amides is 1. The van der Waals surface area contributed by atoms with E-state index in [0.29, 0.717) is 36.8 Å². The van der Waals surface area contributed by atoms with E-state index in [2.05, 4.69) is 10.2 Å². The van der Waals surface area contributed by atoms with E-state index in [0.717, 1.165) is 29.3 Å². The van der Waals surface area contributed by atoms with E-state index in [-0.39, 0.29) is 5.91 Å². The van der Waals surface area contributed by atoms with Gasteiger partial charge in [0.1, 0.15) is 11.8 Å². The lowest BCUT2D eigenvalue weighted by Crippen LogP contribution is -2.47. The van der Waals surface area contributed by atoms with E-state index in [4.69, 9.17) is 9.47 Å². The average molecular weight is 448 g/mol. The van der Waals surface area contributed by atoms with Crippen LogP contribution in [0.3, 0.4) is 0 Å². The second kappa shape index (κ2) is 10.0. The molecule has 0 aliphatic carbocycles. The number of nitrogens with one attached hydrogen (secondary N) is 1. The Morgan fingerprint density at radius 3 is 2.26 bits per heavy atom. The second-order valence-electron chi connectivity index (χ2n) is 7.32. The fraction of sp³-hybridized carbons (Fsp3) is 0.409. The van der Waals surface area contributed by atoms with Gasteiger partial charge < -0.3 is 19.7 Å². The number of anilines is 3. The minimum atomic E-state index is -3.69. The molecule has 1 saturated heterocycles. The number of benzene rings is 2. The molecule has 0 radical (unpaired) electrons. The Kier molecular flexibility index (Phi) is 7.40. The molecule has 1 aliphatic heterocycles. The third-order valence-electron chi connectivity index (χ3n) is 5.17. The summed E-state index contributed by atoms with van der Waals surface area (Å²) >= 11 is 0. The summed E-state index contributed by atoms with van der Waals surface area (Å²) < 4.78 is 36.8. The zero-order chi connectivity index (χ0) is 22.4. The van der Waals surface area contributed by atoms with Gasteiger partial charge in [0.05, 0.1) is 32.3 Å². The predicted octanol–water partition coefficient (Wildman–Crippen LogP) is 2.72. The first-order valence-corrected chi connectivity index (χ1v) is 12.1. The van der Waals surface area contributed by atoms with Crippen LogP contribution in [0.1, 0.15) is 13.3 Å². The van der Waals surface area contributed by atoms with Crippen LogP contribution in [0.2, 0.25) is 0 Å². The van der Waals surface area contributed by atoms with Crippen LogP contribution in [-0.2, 0) is 19.6 Å². The maximum absolute atomic E-state index is 13.0. The monoisotopic (exact) mass is 447 g/mol. The van der Waals surface area contributed by atoms with Crippen LogP contribution in [0.15, 0.2) is 48.5 Å². The summed E-state index contributed by atoms with van der Waals surface area (Å²) in [5.74, 6) is 0.220. The van der Waals surface area contributed by atoms with Gasteiger partial charge in [-0.15, -0.1) is 0 Å². The van der Waals surface area contributed by atoms with Gasteiger partial charge in [-0.3, -0.25) is 9.10 Å². The Hall–Kier alpha value is -2.78. The number of methoxy groups -OCH3 is 1. The first-order valence-electron chi connectivity index (χ1n) is 10.2. The molecule has 8 nitrogen and oxygen atoms in total. The van der Waals surface area contributed by atoms with Crippen molar-refractivity contribution in [1.82, 2.24) is 0 Å². The molecular weight excluding hydrogens is 418 g/mol. The molecule has 0 bridgehead atoms. The van der Waals surface area contributed by atoms with Gasteiger partial charge in [0.2, 0.25) is 15.9 Å². The molecule has 31 heavy (non-hydrogen) atoms. The summed E-state index contributed by atoms with van der Waals surface area (Å²) in [5, 5.41) is 2.86. The molecule has 2 aromatic carbocycles. The Morgan fingerprint density at radius 2 is 1.74 bits per heavy atom. The van der Waals surface area contributed by atoms with Gasteiger partial charge >= 0.3 is 0 Å². The molecule has 1 unspecified atom stereocenters. The lowest BCUT2D eigenvalue weighted by molar-refractivity contribution is -0.117. The normalized spacial score (nSPS) is 15.3. The summed E-state index contributed by atoms with van der Waals surface area (Å²) in [4.78, 5) is 15.3. The molecule has 168 valence electrons. The van der Waals surface area contributed by atoms with Crippen molar-refractivity contribution in [2.45, 2.75) is 19.4 Å². The topological polar surface area (TPSA) is 88.2 Å². The van der Waals surface area contributed by atoms with Gasteiger partial charge in [0.15, 0.2) is 0 Å². The zero-order valence-electron chi connectivity index (χ0n) is 18.1. The van der Waals surface area contributed by atoms with Crippen molar-refractivity contribution in [3.8, 4) is 5.75 Å². The summed E-state index contributed by atoms with van der Waals surface area (Å²) in [6, 6.07) is 13.3.